The van der Waals surface area contributed by atoms with Crippen molar-refractivity contribution in [1.29, 1.82) is 0 Å². The molecular weight excluding hydrogens is 493 g/mol. The number of nitrogens with zero attached hydrogens (tertiary/aromatic N) is 4. The zero-order chi connectivity index (χ0) is 18.8. The van der Waals surface area contributed by atoms with Crippen molar-refractivity contribution in [2.45, 2.75) is 0 Å². The molecule has 0 fully saturated rings. The number of hydrazine groups is 2. The number of rotatable bonds is 4. The summed E-state index contributed by atoms with van der Waals surface area (Å²) >= 11 is 2.25. The van der Waals surface area contributed by atoms with Gasteiger partial charge in [-0.25, -0.2) is 0 Å². The monoisotopic (exact) mass is 508 g/mol. The van der Waals surface area contributed by atoms with Crippen molar-refractivity contribution in [3.05, 3.63) is 98.1 Å². The maximum absolute atomic E-state index is 10.9. The van der Waals surface area contributed by atoms with Gasteiger partial charge in [-0.1, -0.05) is 30.3 Å². The summed E-state index contributed by atoms with van der Waals surface area (Å²) in [6.45, 7) is 0. The average molecular weight is 509 g/mol. The SMILES string of the molecule is O=[N+]([O-])c1ccc(N2NC(c3ccccc3)=NN2c2ccc(I)cc2)cc1.[ClH2+]. The standard InChI is InChI=1S/C19H14IN5O2.ClH2/c20-15-6-8-16(9-7-15)23-21-19(14-4-2-1-3-5-14)22-24(23)17-10-12-18(13-11-17)25(26)27;/h1-13H,(H,21,22);1H2/q;+1. The van der Waals surface area contributed by atoms with E-state index in [1.807, 2.05) is 54.6 Å². The molecular formula is C19H16ClIN5O2+. The van der Waals surface area contributed by atoms with Gasteiger partial charge in [-0.3, -0.25) is 15.5 Å². The Bertz CT molecular complexity index is 997. The van der Waals surface area contributed by atoms with Crippen molar-refractivity contribution in [2.24, 2.45) is 5.10 Å². The van der Waals surface area contributed by atoms with E-state index in [2.05, 4.69) is 28.0 Å². The largest absolute Gasteiger partial charge is 0.269 e. The van der Waals surface area contributed by atoms with Crippen LogP contribution >= 0.6 is 22.6 Å². The van der Waals surface area contributed by atoms with Crippen LogP contribution in [0.2, 0.25) is 0 Å². The lowest BCUT2D eigenvalue weighted by Gasteiger charge is -2.27. The summed E-state index contributed by atoms with van der Waals surface area (Å²) in [6, 6.07) is 24.1. The van der Waals surface area contributed by atoms with Gasteiger partial charge in [0.05, 0.1) is 28.7 Å². The predicted molar refractivity (Wildman–Crippen MR) is 116 cm³/mol. The highest BCUT2D eigenvalue weighted by Gasteiger charge is 2.26. The van der Waals surface area contributed by atoms with E-state index in [1.54, 1.807) is 22.4 Å². The molecule has 9 heteroatoms. The minimum absolute atomic E-state index is 0. The topological polar surface area (TPSA) is 74.0 Å². The number of nitro benzene ring substituents is 1. The fourth-order valence-corrected chi connectivity index (χ4v) is 3.02. The van der Waals surface area contributed by atoms with Gasteiger partial charge < -0.3 is 0 Å². The van der Waals surface area contributed by atoms with E-state index in [0.717, 1.165) is 20.5 Å². The lowest BCUT2D eigenvalue weighted by molar-refractivity contribution is -0.384. The van der Waals surface area contributed by atoms with Crippen molar-refractivity contribution < 1.29 is 17.3 Å². The molecule has 0 saturated heterocycles. The lowest BCUT2D eigenvalue weighted by Crippen LogP contribution is -2.44. The summed E-state index contributed by atoms with van der Waals surface area (Å²) in [5.74, 6) is 0.688. The smallest absolute Gasteiger partial charge is 0.259 e. The van der Waals surface area contributed by atoms with Gasteiger partial charge in [0.15, 0.2) is 5.84 Å². The Morgan fingerprint density at radius 2 is 1.50 bits per heavy atom. The third-order valence-corrected chi connectivity index (χ3v) is 4.73. The molecule has 28 heavy (non-hydrogen) atoms. The van der Waals surface area contributed by atoms with Crippen LogP contribution in [0.3, 0.4) is 0 Å². The van der Waals surface area contributed by atoms with Crippen LogP contribution in [0, 0.1) is 26.1 Å². The molecule has 3 aromatic rings. The third-order valence-electron chi connectivity index (χ3n) is 4.01. The Labute approximate surface area is 181 Å². The van der Waals surface area contributed by atoms with E-state index in [0.29, 0.717) is 5.84 Å². The molecule has 7 nitrogen and oxygen atoms in total. The van der Waals surface area contributed by atoms with Crippen molar-refractivity contribution in [3.63, 3.8) is 0 Å². The molecule has 0 unspecified atom stereocenters. The molecule has 0 bridgehead atoms. The van der Waals surface area contributed by atoms with Crippen LogP contribution in [0.5, 0.6) is 0 Å². The van der Waals surface area contributed by atoms with Gasteiger partial charge in [-0.15, -0.1) is 5.10 Å². The summed E-state index contributed by atoms with van der Waals surface area (Å²) in [4.78, 5) is 10.5. The first-order chi connectivity index (χ1) is 13.1. The summed E-state index contributed by atoms with van der Waals surface area (Å²) in [7, 11) is 0. The molecule has 4 rings (SSSR count). The highest BCUT2D eigenvalue weighted by molar-refractivity contribution is 14.1. The molecule has 0 aliphatic carbocycles. The molecule has 1 heterocycles. The fourth-order valence-electron chi connectivity index (χ4n) is 2.66. The quantitative estimate of drug-likeness (QED) is 0.330. The first-order valence-corrected chi connectivity index (χ1v) is 9.20. The van der Waals surface area contributed by atoms with E-state index in [1.165, 1.54) is 12.1 Å². The van der Waals surface area contributed by atoms with Crippen LogP contribution in [-0.2, 0) is 0 Å². The molecule has 0 radical (unpaired) electrons. The molecule has 0 saturated carbocycles. The Morgan fingerprint density at radius 1 is 0.893 bits per heavy atom. The molecule has 142 valence electrons. The van der Waals surface area contributed by atoms with Gasteiger partial charge in [-0.2, -0.15) is 10.2 Å². The number of hydrogen-bond acceptors (Lipinski definition) is 6. The number of benzene rings is 3. The first kappa shape index (κ1) is 19.9. The number of nitro groups is 1. The summed E-state index contributed by atoms with van der Waals surface area (Å²) in [5.41, 5.74) is 5.86. The molecule has 1 N–H and O–H groups in total. The van der Waals surface area contributed by atoms with Crippen molar-refractivity contribution in [3.8, 4) is 0 Å². The second-order valence-electron chi connectivity index (χ2n) is 5.78. The number of anilines is 2. The second kappa shape index (κ2) is 8.44. The van der Waals surface area contributed by atoms with Crippen LogP contribution in [0.25, 0.3) is 0 Å². The van der Waals surface area contributed by atoms with E-state index >= 15 is 0 Å². The number of nitrogens with one attached hydrogen (secondary N) is 1. The Balaban J connectivity index is 0.00000225. The molecule has 0 amide bonds. The molecule has 0 spiro atoms. The van der Waals surface area contributed by atoms with Gasteiger partial charge in [0.2, 0.25) is 0 Å². The number of hydrazone groups is 1. The maximum Gasteiger partial charge on any atom is 0.269 e. The maximum atomic E-state index is 10.9. The normalized spacial score (nSPS) is 12.8. The van der Waals surface area contributed by atoms with Crippen LogP contribution in [0.1, 0.15) is 5.56 Å². The molecule has 0 atom stereocenters. The van der Waals surface area contributed by atoms with Crippen LogP contribution < -0.4 is 15.7 Å². The summed E-state index contributed by atoms with van der Waals surface area (Å²) < 4.78 is 1.12. The van der Waals surface area contributed by atoms with Gasteiger partial charge in [0.1, 0.15) is 0 Å². The Morgan fingerprint density at radius 3 is 2.11 bits per heavy atom. The van der Waals surface area contributed by atoms with E-state index in [4.69, 9.17) is 5.10 Å². The zero-order valence-electron chi connectivity index (χ0n) is 14.4. The number of halogens is 2. The lowest BCUT2D eigenvalue weighted by atomic mass is 10.2. The molecule has 1 aliphatic rings. The Kier molecular flexibility index (Phi) is 6.00. The minimum atomic E-state index is -0.413. The first-order valence-electron chi connectivity index (χ1n) is 8.13. The fraction of sp³-hybridized carbons (Fsp3) is 0. The number of amidine groups is 1. The van der Waals surface area contributed by atoms with E-state index in [9.17, 15) is 10.1 Å². The van der Waals surface area contributed by atoms with E-state index in [-0.39, 0.29) is 18.1 Å². The third kappa shape index (κ3) is 4.02. The van der Waals surface area contributed by atoms with Gasteiger partial charge in [0.25, 0.3) is 5.69 Å². The molecule has 0 aromatic heterocycles. The highest BCUT2D eigenvalue weighted by atomic mass is 127. The van der Waals surface area contributed by atoms with Crippen molar-refractivity contribution in [2.75, 3.05) is 10.2 Å². The van der Waals surface area contributed by atoms with Gasteiger partial charge >= 0.3 is 0 Å². The average Bonchev–Trinajstić information content (AvgIpc) is 3.15. The predicted octanol–water partition coefficient (Wildman–Crippen LogP) is 3.77. The summed E-state index contributed by atoms with van der Waals surface area (Å²) in [5, 5.41) is 19.1. The number of hydrogen-bond donors (Lipinski definition) is 1. The minimum Gasteiger partial charge on any atom is -0.259 e. The molecule has 1 aliphatic heterocycles. The molecule has 3 aromatic carbocycles. The van der Waals surface area contributed by atoms with Crippen molar-refractivity contribution >= 4 is 45.5 Å². The number of non-ortho nitro benzene ring substituents is 1. The summed E-state index contributed by atoms with van der Waals surface area (Å²) in [6.07, 6.45) is 0. The van der Waals surface area contributed by atoms with Gasteiger partial charge in [0, 0.05) is 21.3 Å². The Hall–Kier alpha value is -2.85. The van der Waals surface area contributed by atoms with Gasteiger partial charge in [-0.05, 0) is 59.0 Å². The van der Waals surface area contributed by atoms with Crippen LogP contribution in [0.4, 0.5) is 17.1 Å². The second-order valence-corrected chi connectivity index (χ2v) is 7.02. The zero-order valence-corrected chi connectivity index (χ0v) is 17.5. The highest BCUT2D eigenvalue weighted by Crippen LogP contribution is 2.27. The van der Waals surface area contributed by atoms with Crippen LogP contribution in [-0.4, -0.2) is 10.8 Å². The van der Waals surface area contributed by atoms with Crippen molar-refractivity contribution in [1.82, 2.24) is 5.43 Å². The van der Waals surface area contributed by atoms with E-state index < -0.39 is 4.92 Å². The van der Waals surface area contributed by atoms with Crippen LogP contribution in [0.15, 0.2) is 84.0 Å².